The molecule has 8 heteroatoms. The van der Waals surface area contributed by atoms with Crippen LogP contribution in [0.4, 0.5) is 5.95 Å². The summed E-state index contributed by atoms with van der Waals surface area (Å²) in [6.07, 6.45) is 6.70. The minimum absolute atomic E-state index is 0.0900. The number of hydrogen-bond donors (Lipinski definition) is 1. The number of hydrogen-bond acceptors (Lipinski definition) is 7. The fraction of sp³-hybridized carbons (Fsp3) is 0.500. The molecule has 8 nitrogen and oxygen atoms in total. The lowest BCUT2D eigenvalue weighted by atomic mass is 9.97. The zero-order chi connectivity index (χ0) is 19.8. The van der Waals surface area contributed by atoms with Crippen molar-refractivity contribution >= 4 is 11.9 Å². The second-order valence-corrected chi connectivity index (χ2v) is 6.85. The molecule has 0 radical (unpaired) electrons. The van der Waals surface area contributed by atoms with Gasteiger partial charge in [0.05, 0.1) is 20.3 Å². The molecule has 1 aliphatic heterocycles. The normalized spacial score (nSPS) is 14.6. The van der Waals surface area contributed by atoms with Gasteiger partial charge in [-0.05, 0) is 36.8 Å². The van der Waals surface area contributed by atoms with Crippen LogP contribution in [0.5, 0.6) is 11.8 Å². The molecule has 150 valence electrons. The first kappa shape index (κ1) is 19.9. The first-order valence-corrected chi connectivity index (χ1v) is 9.55. The van der Waals surface area contributed by atoms with Crippen LogP contribution in [0.15, 0.2) is 30.6 Å². The Morgan fingerprint density at radius 1 is 1.21 bits per heavy atom. The molecule has 1 fully saturated rings. The van der Waals surface area contributed by atoms with E-state index >= 15 is 0 Å². The molecule has 0 saturated carbocycles. The molecule has 0 unspecified atom stereocenters. The lowest BCUT2D eigenvalue weighted by Crippen LogP contribution is -2.39. The van der Waals surface area contributed by atoms with Crippen molar-refractivity contribution in [2.75, 3.05) is 38.8 Å². The maximum absolute atomic E-state index is 12.1. The zero-order valence-corrected chi connectivity index (χ0v) is 16.4. The molecule has 0 bridgehead atoms. The highest BCUT2D eigenvalue weighted by molar-refractivity contribution is 5.76. The molecule has 0 aliphatic carbocycles. The largest absolute Gasteiger partial charge is 0.481 e. The van der Waals surface area contributed by atoms with Gasteiger partial charge in [-0.3, -0.25) is 9.78 Å². The van der Waals surface area contributed by atoms with Gasteiger partial charge in [-0.25, -0.2) is 0 Å². The minimum Gasteiger partial charge on any atom is -0.481 e. The van der Waals surface area contributed by atoms with E-state index in [0.29, 0.717) is 43.0 Å². The molecule has 2 aromatic heterocycles. The summed E-state index contributed by atoms with van der Waals surface area (Å²) in [6.45, 7) is 2.39. The number of rotatable bonds is 8. The van der Waals surface area contributed by atoms with Crippen LogP contribution in [0, 0.1) is 5.92 Å². The van der Waals surface area contributed by atoms with Crippen LogP contribution in [0.3, 0.4) is 0 Å². The Bertz CT molecular complexity index is 741. The number of aryl methyl sites for hydroxylation is 1. The molecular formula is C20H27N5O3. The van der Waals surface area contributed by atoms with Gasteiger partial charge in [-0.1, -0.05) is 6.07 Å². The summed E-state index contributed by atoms with van der Waals surface area (Å²) in [4.78, 5) is 27.1. The number of ether oxygens (including phenoxy) is 2. The van der Waals surface area contributed by atoms with E-state index in [0.717, 1.165) is 31.5 Å². The monoisotopic (exact) mass is 385 g/mol. The third-order valence-corrected chi connectivity index (χ3v) is 4.93. The Labute approximate surface area is 165 Å². The Kier molecular flexibility index (Phi) is 7.00. The zero-order valence-electron chi connectivity index (χ0n) is 16.4. The van der Waals surface area contributed by atoms with Gasteiger partial charge in [0, 0.05) is 38.4 Å². The number of anilines is 1. The maximum Gasteiger partial charge on any atom is 0.231 e. The van der Waals surface area contributed by atoms with Crippen molar-refractivity contribution in [3.05, 3.63) is 36.2 Å². The number of methoxy groups -OCH3 is 2. The van der Waals surface area contributed by atoms with Gasteiger partial charge >= 0.3 is 0 Å². The molecule has 0 aromatic carbocycles. The summed E-state index contributed by atoms with van der Waals surface area (Å²) in [7, 11) is 3.16. The Hall–Kier alpha value is -2.90. The van der Waals surface area contributed by atoms with Gasteiger partial charge in [0.2, 0.25) is 23.6 Å². The number of nitrogens with zero attached hydrogens (tertiary/aromatic N) is 4. The molecule has 1 saturated heterocycles. The highest BCUT2D eigenvalue weighted by atomic mass is 16.5. The fourth-order valence-corrected chi connectivity index (χ4v) is 3.23. The molecule has 1 aliphatic rings. The van der Waals surface area contributed by atoms with Crippen LogP contribution in [0.25, 0.3) is 0 Å². The molecule has 1 N–H and O–H groups in total. The molecule has 0 atom stereocenters. The van der Waals surface area contributed by atoms with E-state index in [1.165, 1.54) is 0 Å². The third-order valence-electron chi connectivity index (χ3n) is 4.93. The number of amides is 1. The third kappa shape index (κ3) is 5.55. The summed E-state index contributed by atoms with van der Waals surface area (Å²) in [5.74, 6) is 2.16. The van der Waals surface area contributed by atoms with Crippen molar-refractivity contribution in [1.82, 2.24) is 20.3 Å². The molecule has 1 amide bonds. The summed E-state index contributed by atoms with van der Waals surface area (Å²) in [6, 6.07) is 5.55. The summed E-state index contributed by atoms with van der Waals surface area (Å²) in [5.41, 5.74) is 1.08. The highest BCUT2D eigenvalue weighted by Gasteiger charge is 2.22. The van der Waals surface area contributed by atoms with E-state index in [4.69, 9.17) is 9.47 Å². The van der Waals surface area contributed by atoms with Crippen molar-refractivity contribution in [3.63, 3.8) is 0 Å². The Balaban J connectivity index is 1.42. The molecule has 0 spiro atoms. The lowest BCUT2D eigenvalue weighted by molar-refractivity contribution is -0.121. The van der Waals surface area contributed by atoms with Gasteiger partial charge in [0.1, 0.15) is 0 Å². The van der Waals surface area contributed by atoms with E-state index in [-0.39, 0.29) is 5.91 Å². The van der Waals surface area contributed by atoms with E-state index < -0.39 is 0 Å². The summed E-state index contributed by atoms with van der Waals surface area (Å²) < 4.78 is 10.4. The Morgan fingerprint density at radius 3 is 2.54 bits per heavy atom. The predicted octanol–water partition coefficient (Wildman–Crippen LogP) is 1.85. The average Bonchev–Trinajstić information content (AvgIpc) is 2.77. The number of nitrogens with one attached hydrogen (secondary N) is 1. The van der Waals surface area contributed by atoms with Crippen molar-refractivity contribution in [2.45, 2.75) is 25.7 Å². The smallest absolute Gasteiger partial charge is 0.231 e. The van der Waals surface area contributed by atoms with Gasteiger partial charge in [0.25, 0.3) is 0 Å². The summed E-state index contributed by atoms with van der Waals surface area (Å²) in [5, 5.41) is 3.06. The maximum atomic E-state index is 12.1. The first-order chi connectivity index (χ1) is 13.7. The first-order valence-electron chi connectivity index (χ1n) is 9.55. The van der Waals surface area contributed by atoms with Crippen LogP contribution in [-0.2, 0) is 11.2 Å². The van der Waals surface area contributed by atoms with Crippen molar-refractivity contribution < 1.29 is 14.3 Å². The number of pyridine rings is 1. The Morgan fingerprint density at radius 2 is 1.93 bits per heavy atom. The van der Waals surface area contributed by atoms with Crippen LogP contribution < -0.4 is 19.7 Å². The van der Waals surface area contributed by atoms with Crippen LogP contribution in [-0.4, -0.2) is 54.7 Å². The van der Waals surface area contributed by atoms with Crippen molar-refractivity contribution in [1.29, 1.82) is 0 Å². The van der Waals surface area contributed by atoms with Crippen LogP contribution in [0.1, 0.15) is 24.8 Å². The number of carbonyl (C=O) groups is 1. The van der Waals surface area contributed by atoms with Crippen molar-refractivity contribution in [2.24, 2.45) is 5.92 Å². The summed E-state index contributed by atoms with van der Waals surface area (Å²) >= 11 is 0. The van der Waals surface area contributed by atoms with Gasteiger partial charge in [-0.2, -0.15) is 9.97 Å². The number of carbonyl (C=O) groups excluding carboxylic acids is 1. The predicted molar refractivity (Wildman–Crippen MR) is 106 cm³/mol. The van der Waals surface area contributed by atoms with Crippen LogP contribution >= 0.6 is 0 Å². The molecular weight excluding hydrogens is 358 g/mol. The number of piperidine rings is 1. The topological polar surface area (TPSA) is 89.5 Å². The lowest BCUT2D eigenvalue weighted by Gasteiger charge is -2.32. The van der Waals surface area contributed by atoms with Gasteiger partial charge in [-0.15, -0.1) is 0 Å². The van der Waals surface area contributed by atoms with E-state index in [2.05, 4.69) is 25.2 Å². The molecule has 3 rings (SSSR count). The molecule has 3 heterocycles. The highest BCUT2D eigenvalue weighted by Crippen LogP contribution is 2.24. The van der Waals surface area contributed by atoms with Crippen molar-refractivity contribution in [3.8, 4) is 11.8 Å². The average molecular weight is 385 g/mol. The van der Waals surface area contributed by atoms with Gasteiger partial charge < -0.3 is 19.7 Å². The number of aromatic nitrogens is 3. The van der Waals surface area contributed by atoms with E-state index in [1.807, 2.05) is 12.1 Å². The molecule has 2 aromatic rings. The SMILES string of the molecule is COc1cc(OC)nc(N2CCC(CNC(=O)CCc3cccnc3)CC2)n1. The van der Waals surface area contributed by atoms with Gasteiger partial charge in [0.15, 0.2) is 0 Å². The quantitative estimate of drug-likeness (QED) is 0.742. The van der Waals surface area contributed by atoms with E-state index in [9.17, 15) is 4.79 Å². The second-order valence-electron chi connectivity index (χ2n) is 6.85. The minimum atomic E-state index is 0.0900. The fourth-order valence-electron chi connectivity index (χ4n) is 3.23. The van der Waals surface area contributed by atoms with Crippen LogP contribution in [0.2, 0.25) is 0 Å². The molecule has 28 heavy (non-hydrogen) atoms. The standard InChI is InChI=1S/C20H27N5O3/c1-27-18-12-19(28-2)24-20(23-18)25-10-7-16(8-11-25)14-22-17(26)6-5-15-4-3-9-21-13-15/h3-4,9,12-13,16H,5-8,10-11,14H2,1-2H3,(H,22,26). The van der Waals surface area contributed by atoms with E-state index in [1.54, 1.807) is 32.7 Å². The second kappa shape index (κ2) is 9.87.